The van der Waals surface area contributed by atoms with Crippen LogP contribution in [0.15, 0.2) is 47.3 Å². The lowest BCUT2D eigenvalue weighted by atomic mass is 9.96. The molecule has 0 bridgehead atoms. The van der Waals surface area contributed by atoms with Crippen LogP contribution in [-0.4, -0.2) is 33.4 Å². The quantitative estimate of drug-likeness (QED) is 0.194. The fourth-order valence-electron chi connectivity index (χ4n) is 6.01. The number of nitrogens with zero attached hydrogens (tertiary/aromatic N) is 3. The Balaban J connectivity index is 1.83. The molecule has 1 amide bonds. The van der Waals surface area contributed by atoms with Crippen molar-refractivity contribution < 1.29 is 4.79 Å². The summed E-state index contributed by atoms with van der Waals surface area (Å²) in [7, 11) is 0. The average molecular weight is 637 g/mol. The zero-order chi connectivity index (χ0) is 30.8. The first-order valence-corrected chi connectivity index (χ1v) is 16.8. The van der Waals surface area contributed by atoms with Gasteiger partial charge in [0.2, 0.25) is 0 Å². The van der Waals surface area contributed by atoms with Gasteiger partial charge in [0.15, 0.2) is 0 Å². The number of thiazole rings is 1. The maximum atomic E-state index is 14.8. The Kier molecular flexibility index (Phi) is 9.79. The lowest BCUT2D eigenvalue weighted by Gasteiger charge is -2.29. The maximum Gasteiger partial charge on any atom is 0.265 e. The fraction of sp³-hybridized carbons (Fsp3) is 0.400. The van der Waals surface area contributed by atoms with Crippen LogP contribution in [0.4, 0.5) is 0 Å². The third kappa shape index (κ3) is 6.33. The molecular formula is C35H39Cl2N3O2S. The fourth-order valence-corrected chi connectivity index (χ4v) is 7.25. The number of halogens is 2. The van der Waals surface area contributed by atoms with Crippen LogP contribution < -0.4 is 5.56 Å². The number of aryl methyl sites for hydroxylation is 3. The van der Waals surface area contributed by atoms with E-state index >= 15 is 0 Å². The predicted molar refractivity (Wildman–Crippen MR) is 180 cm³/mol. The van der Waals surface area contributed by atoms with Crippen molar-refractivity contribution in [1.82, 2.24) is 14.5 Å². The lowest BCUT2D eigenvalue weighted by molar-refractivity contribution is 0.0722. The molecule has 2 aromatic heterocycles. The molecule has 4 aromatic rings. The second-order valence-electron chi connectivity index (χ2n) is 11.7. The summed E-state index contributed by atoms with van der Waals surface area (Å²) in [5, 5.41) is 1.52. The first-order chi connectivity index (χ1) is 20.6. The molecule has 0 radical (unpaired) electrons. The van der Waals surface area contributed by atoms with Crippen molar-refractivity contribution >= 4 is 40.4 Å². The van der Waals surface area contributed by atoms with E-state index in [9.17, 15) is 9.59 Å². The first-order valence-electron chi connectivity index (χ1n) is 15.3. The topological polar surface area (TPSA) is 55.2 Å². The zero-order valence-electron chi connectivity index (χ0n) is 25.6. The highest BCUT2D eigenvalue weighted by molar-refractivity contribution is 7.15. The van der Waals surface area contributed by atoms with E-state index < -0.39 is 0 Å². The van der Waals surface area contributed by atoms with Crippen molar-refractivity contribution in [2.24, 2.45) is 5.92 Å². The summed E-state index contributed by atoms with van der Waals surface area (Å²) in [6.07, 6.45) is 5.27. The number of pyridine rings is 1. The molecule has 1 aliphatic heterocycles. The summed E-state index contributed by atoms with van der Waals surface area (Å²) >= 11 is 14.0. The number of carbonyl (C=O) groups excluding carboxylic acids is 1. The van der Waals surface area contributed by atoms with Gasteiger partial charge < -0.3 is 4.90 Å². The summed E-state index contributed by atoms with van der Waals surface area (Å²) in [6.45, 7) is 12.0. The van der Waals surface area contributed by atoms with Crippen LogP contribution in [0.25, 0.3) is 27.5 Å². The molecule has 1 saturated heterocycles. The smallest absolute Gasteiger partial charge is 0.265 e. The van der Waals surface area contributed by atoms with Crippen molar-refractivity contribution in [2.75, 3.05) is 13.1 Å². The van der Waals surface area contributed by atoms with Crippen molar-refractivity contribution in [2.45, 2.75) is 73.1 Å². The third-order valence-electron chi connectivity index (χ3n) is 8.19. The lowest BCUT2D eigenvalue weighted by Crippen LogP contribution is -2.38. The van der Waals surface area contributed by atoms with Crippen molar-refractivity contribution in [3.8, 4) is 27.5 Å². The molecule has 0 aliphatic carbocycles. The number of aromatic nitrogens is 2. The van der Waals surface area contributed by atoms with Gasteiger partial charge in [-0.2, -0.15) is 0 Å². The van der Waals surface area contributed by atoms with E-state index in [1.54, 1.807) is 12.1 Å². The molecule has 0 atom stereocenters. The predicted octanol–water partition coefficient (Wildman–Crippen LogP) is 9.19. The Morgan fingerprint density at radius 2 is 1.65 bits per heavy atom. The van der Waals surface area contributed by atoms with Gasteiger partial charge in [0.25, 0.3) is 11.5 Å². The van der Waals surface area contributed by atoms with Gasteiger partial charge in [0.1, 0.15) is 5.01 Å². The number of hydrogen-bond donors (Lipinski definition) is 0. The highest BCUT2D eigenvalue weighted by Gasteiger charge is 2.29. The van der Waals surface area contributed by atoms with Crippen LogP contribution in [0.3, 0.4) is 0 Å². The Labute approximate surface area is 268 Å². The van der Waals surface area contributed by atoms with E-state index in [0.29, 0.717) is 32.6 Å². The third-order valence-corrected chi connectivity index (χ3v) is 9.93. The van der Waals surface area contributed by atoms with E-state index in [1.807, 2.05) is 28.5 Å². The minimum atomic E-state index is -0.143. The SMILES string of the molecule is CCc1cccc(CC)c1-n1c(CC(C)C)c(C(=O)N2CCCCC2)cc(-c2nc(-c3ccc(Cl)c(Cl)c3)c(C)s2)c1=O. The molecule has 3 heterocycles. The second-order valence-corrected chi connectivity index (χ2v) is 13.7. The average Bonchev–Trinajstić information content (AvgIpc) is 3.39. The van der Waals surface area contributed by atoms with E-state index in [0.717, 1.165) is 83.8 Å². The molecule has 2 aromatic carbocycles. The van der Waals surface area contributed by atoms with Crippen LogP contribution >= 0.6 is 34.5 Å². The van der Waals surface area contributed by atoms with Crippen molar-refractivity contribution in [3.05, 3.63) is 90.1 Å². The molecule has 226 valence electrons. The number of carbonyl (C=O) groups is 1. The van der Waals surface area contributed by atoms with Gasteiger partial charge >= 0.3 is 0 Å². The molecule has 43 heavy (non-hydrogen) atoms. The molecule has 5 rings (SSSR count). The molecule has 0 saturated carbocycles. The molecule has 5 nitrogen and oxygen atoms in total. The van der Waals surface area contributed by atoms with Gasteiger partial charge in [-0.25, -0.2) is 4.98 Å². The monoisotopic (exact) mass is 635 g/mol. The molecule has 0 N–H and O–H groups in total. The molecule has 8 heteroatoms. The zero-order valence-corrected chi connectivity index (χ0v) is 27.9. The van der Waals surface area contributed by atoms with Gasteiger partial charge in [-0.05, 0) is 80.7 Å². The molecule has 1 aliphatic rings. The number of benzene rings is 2. The highest BCUT2D eigenvalue weighted by Crippen LogP contribution is 2.36. The van der Waals surface area contributed by atoms with E-state index in [4.69, 9.17) is 28.2 Å². The van der Waals surface area contributed by atoms with Gasteiger partial charge in [0.05, 0.1) is 32.6 Å². The summed E-state index contributed by atoms with van der Waals surface area (Å²) in [5.41, 5.74) is 6.36. The Hall–Kier alpha value is -2.93. The van der Waals surface area contributed by atoms with E-state index in [-0.39, 0.29) is 17.4 Å². The van der Waals surface area contributed by atoms with E-state index in [2.05, 4.69) is 45.9 Å². The molecule has 0 unspecified atom stereocenters. The number of piperidine rings is 1. The van der Waals surface area contributed by atoms with Crippen molar-refractivity contribution in [1.29, 1.82) is 0 Å². The van der Waals surface area contributed by atoms with Gasteiger partial charge in [-0.15, -0.1) is 11.3 Å². The minimum absolute atomic E-state index is 0.00429. The van der Waals surface area contributed by atoms with Gasteiger partial charge in [-0.3, -0.25) is 14.2 Å². The number of hydrogen-bond acceptors (Lipinski definition) is 4. The largest absolute Gasteiger partial charge is 0.339 e. The second kappa shape index (κ2) is 13.4. The van der Waals surface area contributed by atoms with Crippen LogP contribution in [0, 0.1) is 12.8 Å². The standard InChI is InChI=1S/C35H39Cl2N3O2S/c1-6-23-12-11-13-24(7-2)32(23)40-30(18-21(3)4)26(34(41)39-16-9-8-10-17-39)20-27(35(40)42)33-38-31(22(5)43-33)25-14-15-28(36)29(37)19-25/h11-15,19-21H,6-10,16-18H2,1-5H3. The number of para-hydroxylation sites is 1. The normalized spacial score (nSPS) is 13.6. The Bertz CT molecular complexity index is 1690. The van der Waals surface area contributed by atoms with Crippen LogP contribution in [0.1, 0.15) is 79.0 Å². The van der Waals surface area contributed by atoms with Crippen LogP contribution in [0.5, 0.6) is 0 Å². The first kappa shape index (κ1) is 31.5. The Morgan fingerprint density at radius 1 is 0.977 bits per heavy atom. The maximum absolute atomic E-state index is 14.8. The number of rotatable bonds is 8. The van der Waals surface area contributed by atoms with Gasteiger partial charge in [0, 0.05) is 29.2 Å². The van der Waals surface area contributed by atoms with Crippen LogP contribution in [-0.2, 0) is 19.3 Å². The van der Waals surface area contributed by atoms with E-state index in [1.165, 1.54) is 11.3 Å². The Morgan fingerprint density at radius 3 is 2.26 bits per heavy atom. The summed E-state index contributed by atoms with van der Waals surface area (Å²) in [6, 6.07) is 13.5. The molecule has 1 fully saturated rings. The molecule has 0 spiro atoms. The summed E-state index contributed by atoms with van der Waals surface area (Å²) < 4.78 is 1.86. The van der Waals surface area contributed by atoms with Gasteiger partial charge in [-0.1, -0.05) is 75.2 Å². The summed E-state index contributed by atoms with van der Waals surface area (Å²) in [5.74, 6) is 0.238. The molecular weight excluding hydrogens is 597 g/mol. The highest BCUT2D eigenvalue weighted by atomic mass is 35.5. The number of amides is 1. The number of likely N-dealkylation sites (tertiary alicyclic amines) is 1. The van der Waals surface area contributed by atoms with Crippen LogP contribution in [0.2, 0.25) is 10.0 Å². The summed E-state index contributed by atoms with van der Waals surface area (Å²) in [4.78, 5) is 37.0. The minimum Gasteiger partial charge on any atom is -0.339 e. The van der Waals surface area contributed by atoms with Crippen molar-refractivity contribution in [3.63, 3.8) is 0 Å².